The van der Waals surface area contributed by atoms with Gasteiger partial charge in [-0.2, -0.15) is 0 Å². The molecule has 0 atom stereocenters. The molecule has 0 unspecified atom stereocenters. The third-order valence-electron chi connectivity index (χ3n) is 2.29. The summed E-state index contributed by atoms with van der Waals surface area (Å²) in [5.41, 5.74) is 1.79. The second kappa shape index (κ2) is 4.85. The van der Waals surface area contributed by atoms with E-state index in [-0.39, 0.29) is 0 Å². The minimum absolute atomic E-state index is 0.368. The largest absolute Gasteiger partial charge is 0.465 e. The molecule has 90 valence electrons. The first-order chi connectivity index (χ1) is 8.15. The molecule has 6 heteroatoms. The highest BCUT2D eigenvalue weighted by atomic mass is 79.9. The zero-order valence-electron chi connectivity index (χ0n) is 9.41. The Hall–Kier alpha value is -1.40. The Bertz CT molecular complexity index is 565. The number of imidazole rings is 1. The molecule has 0 radical (unpaired) electrons. The van der Waals surface area contributed by atoms with Crippen molar-refractivity contribution in [1.82, 2.24) is 9.97 Å². The lowest BCUT2D eigenvalue weighted by molar-refractivity contribution is 0.0602. The quantitative estimate of drug-likeness (QED) is 0.883. The van der Waals surface area contributed by atoms with Crippen molar-refractivity contribution in [2.45, 2.75) is 6.61 Å². The second-order valence-electron chi connectivity index (χ2n) is 3.46. The number of fused-ring (bicyclic) bond motifs is 1. The molecule has 1 heterocycles. The molecule has 0 fully saturated rings. The lowest BCUT2D eigenvalue weighted by Crippen LogP contribution is -2.02. The molecule has 0 aliphatic rings. The third kappa shape index (κ3) is 2.32. The predicted molar refractivity (Wildman–Crippen MR) is 65.8 cm³/mol. The summed E-state index contributed by atoms with van der Waals surface area (Å²) in [4.78, 5) is 19.0. The van der Waals surface area contributed by atoms with Crippen LogP contribution in [0, 0.1) is 0 Å². The summed E-state index contributed by atoms with van der Waals surface area (Å²) in [6, 6.07) is 3.54. The van der Waals surface area contributed by atoms with Gasteiger partial charge in [0.05, 0.1) is 18.2 Å². The number of nitrogens with zero attached hydrogens (tertiary/aromatic N) is 1. The lowest BCUT2D eigenvalue weighted by Gasteiger charge is -2.00. The fourth-order valence-corrected chi connectivity index (χ4v) is 2.06. The summed E-state index contributed by atoms with van der Waals surface area (Å²) in [6.07, 6.45) is 0. The van der Waals surface area contributed by atoms with Gasteiger partial charge in [0.15, 0.2) is 0 Å². The Labute approximate surface area is 106 Å². The molecule has 0 saturated carbocycles. The van der Waals surface area contributed by atoms with Crippen molar-refractivity contribution in [3.05, 3.63) is 28.0 Å². The van der Waals surface area contributed by atoms with Gasteiger partial charge in [-0.3, -0.25) is 0 Å². The third-order valence-corrected chi connectivity index (χ3v) is 2.74. The number of rotatable bonds is 3. The van der Waals surface area contributed by atoms with E-state index in [1.807, 2.05) is 6.07 Å². The van der Waals surface area contributed by atoms with Gasteiger partial charge in [-0.05, 0) is 12.1 Å². The summed E-state index contributed by atoms with van der Waals surface area (Å²) in [6.45, 7) is 0.368. The van der Waals surface area contributed by atoms with Gasteiger partial charge in [0, 0.05) is 11.6 Å². The Morgan fingerprint density at radius 2 is 2.24 bits per heavy atom. The van der Waals surface area contributed by atoms with Crippen molar-refractivity contribution in [2.24, 2.45) is 0 Å². The van der Waals surface area contributed by atoms with Crippen LogP contribution in [0.25, 0.3) is 11.0 Å². The normalized spacial score (nSPS) is 10.8. The first-order valence-electron chi connectivity index (χ1n) is 4.91. The number of carbonyl (C=O) groups is 1. The van der Waals surface area contributed by atoms with E-state index < -0.39 is 5.97 Å². The molecular weight excluding hydrogens is 288 g/mol. The zero-order chi connectivity index (χ0) is 12.4. The number of aromatic amines is 1. The summed E-state index contributed by atoms with van der Waals surface area (Å²) in [5, 5.41) is 0. The van der Waals surface area contributed by atoms with Crippen molar-refractivity contribution in [3.8, 4) is 0 Å². The number of benzene rings is 1. The molecule has 0 bridgehead atoms. The minimum Gasteiger partial charge on any atom is -0.465 e. The maximum Gasteiger partial charge on any atom is 0.340 e. The number of halogens is 1. The van der Waals surface area contributed by atoms with E-state index in [4.69, 9.17) is 9.47 Å². The summed E-state index contributed by atoms with van der Waals surface area (Å²) in [5.74, 6) is 0.262. The van der Waals surface area contributed by atoms with Gasteiger partial charge in [0.25, 0.3) is 0 Å². The van der Waals surface area contributed by atoms with Crippen molar-refractivity contribution in [1.29, 1.82) is 0 Å². The number of esters is 1. The zero-order valence-corrected chi connectivity index (χ0v) is 11.0. The molecule has 0 spiro atoms. The first-order valence-corrected chi connectivity index (χ1v) is 5.70. The number of hydrogen-bond donors (Lipinski definition) is 1. The van der Waals surface area contributed by atoms with E-state index in [1.54, 1.807) is 13.2 Å². The average Bonchev–Trinajstić information content (AvgIpc) is 2.69. The number of nitrogens with one attached hydrogen (secondary N) is 1. The molecule has 1 N–H and O–H groups in total. The highest BCUT2D eigenvalue weighted by Gasteiger charge is 2.15. The molecule has 2 rings (SSSR count). The fraction of sp³-hybridized carbons (Fsp3) is 0.273. The van der Waals surface area contributed by atoms with E-state index in [2.05, 4.69) is 25.9 Å². The van der Waals surface area contributed by atoms with Crippen molar-refractivity contribution in [3.63, 3.8) is 0 Å². The number of hydrogen-bond acceptors (Lipinski definition) is 4. The topological polar surface area (TPSA) is 64.2 Å². The van der Waals surface area contributed by atoms with E-state index in [1.165, 1.54) is 7.11 Å². The van der Waals surface area contributed by atoms with Crippen LogP contribution in [0.1, 0.15) is 16.2 Å². The highest BCUT2D eigenvalue weighted by Crippen LogP contribution is 2.23. The van der Waals surface area contributed by atoms with Crippen LogP contribution in [-0.2, 0) is 16.1 Å². The Balaban J connectivity index is 2.61. The molecule has 0 aliphatic heterocycles. The van der Waals surface area contributed by atoms with Crippen LogP contribution in [0.5, 0.6) is 0 Å². The Morgan fingerprint density at radius 1 is 1.47 bits per heavy atom. The van der Waals surface area contributed by atoms with Gasteiger partial charge in [0.2, 0.25) is 0 Å². The predicted octanol–water partition coefficient (Wildman–Crippen LogP) is 2.26. The van der Waals surface area contributed by atoms with Crippen LogP contribution in [0.3, 0.4) is 0 Å². The van der Waals surface area contributed by atoms with Crippen molar-refractivity contribution < 1.29 is 14.3 Å². The average molecular weight is 299 g/mol. The number of carbonyl (C=O) groups excluding carboxylic acids is 1. The highest BCUT2D eigenvalue weighted by molar-refractivity contribution is 9.10. The molecule has 1 aromatic heterocycles. The lowest BCUT2D eigenvalue weighted by atomic mass is 10.2. The van der Waals surface area contributed by atoms with E-state index in [0.29, 0.717) is 23.5 Å². The number of H-pyrrole nitrogens is 1. The van der Waals surface area contributed by atoms with Gasteiger partial charge >= 0.3 is 5.97 Å². The van der Waals surface area contributed by atoms with Crippen LogP contribution in [0.15, 0.2) is 16.6 Å². The van der Waals surface area contributed by atoms with Gasteiger partial charge in [0.1, 0.15) is 17.9 Å². The number of ether oxygens (including phenoxy) is 2. The molecular formula is C11H11BrN2O3. The van der Waals surface area contributed by atoms with Crippen LogP contribution in [-0.4, -0.2) is 30.2 Å². The van der Waals surface area contributed by atoms with E-state index in [9.17, 15) is 4.79 Å². The summed E-state index contributed by atoms with van der Waals surface area (Å²) < 4.78 is 10.5. The first kappa shape index (κ1) is 12.1. The monoisotopic (exact) mass is 298 g/mol. The van der Waals surface area contributed by atoms with E-state index in [0.717, 1.165) is 9.99 Å². The molecule has 2 aromatic rings. The Kier molecular flexibility index (Phi) is 3.44. The van der Waals surface area contributed by atoms with Gasteiger partial charge in [-0.25, -0.2) is 9.78 Å². The van der Waals surface area contributed by atoms with Crippen molar-refractivity contribution in [2.75, 3.05) is 14.2 Å². The molecule has 0 amide bonds. The van der Waals surface area contributed by atoms with E-state index >= 15 is 0 Å². The minimum atomic E-state index is -0.410. The summed E-state index contributed by atoms with van der Waals surface area (Å²) >= 11 is 3.34. The number of aromatic nitrogens is 2. The van der Waals surface area contributed by atoms with Crippen LogP contribution >= 0.6 is 15.9 Å². The Morgan fingerprint density at radius 3 is 2.88 bits per heavy atom. The number of methoxy groups -OCH3 is 2. The molecule has 0 saturated heterocycles. The summed E-state index contributed by atoms with van der Waals surface area (Å²) in [7, 11) is 2.93. The smallest absolute Gasteiger partial charge is 0.340 e. The van der Waals surface area contributed by atoms with Gasteiger partial charge < -0.3 is 14.5 Å². The van der Waals surface area contributed by atoms with Crippen LogP contribution in [0.2, 0.25) is 0 Å². The molecule has 5 nitrogen and oxygen atoms in total. The standard InChI is InChI=1S/C11H11BrN2O3/c1-16-5-9-13-8-4-6(12)3-7(10(8)14-9)11(15)17-2/h3-4H,5H2,1-2H3,(H,13,14). The van der Waals surface area contributed by atoms with Crippen molar-refractivity contribution >= 4 is 32.9 Å². The second-order valence-corrected chi connectivity index (χ2v) is 4.37. The molecule has 0 aliphatic carbocycles. The maximum atomic E-state index is 11.6. The van der Waals surface area contributed by atoms with Gasteiger partial charge in [-0.15, -0.1) is 0 Å². The molecule has 17 heavy (non-hydrogen) atoms. The SMILES string of the molecule is COCc1nc2c(C(=O)OC)cc(Br)cc2[nH]1. The van der Waals surface area contributed by atoms with Crippen LogP contribution < -0.4 is 0 Å². The maximum absolute atomic E-state index is 11.6. The van der Waals surface area contributed by atoms with Crippen LogP contribution in [0.4, 0.5) is 0 Å². The fourth-order valence-electron chi connectivity index (χ4n) is 1.60. The molecule has 1 aromatic carbocycles. The van der Waals surface area contributed by atoms with Gasteiger partial charge in [-0.1, -0.05) is 15.9 Å².